The molecule has 1 aliphatic heterocycles. The summed E-state index contributed by atoms with van der Waals surface area (Å²) in [6, 6.07) is 2.96. The number of rotatable bonds is 7. The molecule has 0 aromatic carbocycles. The molecule has 1 unspecified atom stereocenters. The van der Waals surface area contributed by atoms with E-state index in [1.165, 1.54) is 11.4 Å². The molecule has 2 rings (SSSR count). The second kappa shape index (κ2) is 8.43. The molecule has 2 heterocycles. The van der Waals surface area contributed by atoms with Crippen molar-refractivity contribution >= 4 is 15.9 Å². The Morgan fingerprint density at radius 2 is 2.25 bits per heavy atom. The molecule has 0 bridgehead atoms. The molecule has 24 heavy (non-hydrogen) atoms. The number of amides is 1. The molecule has 7 nitrogen and oxygen atoms in total. The van der Waals surface area contributed by atoms with Crippen molar-refractivity contribution in [2.75, 3.05) is 19.4 Å². The average Bonchev–Trinajstić information content (AvgIpc) is 2.60. The van der Waals surface area contributed by atoms with Gasteiger partial charge >= 0.3 is 0 Å². The van der Waals surface area contributed by atoms with Gasteiger partial charge in [0.05, 0.1) is 12.9 Å². The van der Waals surface area contributed by atoms with E-state index >= 15 is 0 Å². The smallest absolute Gasteiger partial charge is 0.238 e. The van der Waals surface area contributed by atoms with E-state index in [4.69, 9.17) is 4.74 Å². The lowest BCUT2D eigenvalue weighted by Crippen LogP contribution is -2.52. The zero-order valence-corrected chi connectivity index (χ0v) is 15.0. The van der Waals surface area contributed by atoms with Crippen LogP contribution >= 0.6 is 0 Å². The van der Waals surface area contributed by atoms with Crippen molar-refractivity contribution < 1.29 is 17.9 Å². The van der Waals surface area contributed by atoms with Gasteiger partial charge in [0.15, 0.2) is 0 Å². The molecule has 1 amide bonds. The molecule has 1 fully saturated rings. The van der Waals surface area contributed by atoms with Gasteiger partial charge in [0, 0.05) is 24.8 Å². The standard InChI is InChI=1S/C16H25N3O4S/c1-3-11-24(21,22)19-10-5-4-8-14(19)15(20)18-12-13-7-6-9-17-16(13)23-2/h6-7,9,14H,3-5,8,10-12H2,1-2H3,(H,18,20). The Hall–Kier alpha value is -1.67. The maximum Gasteiger partial charge on any atom is 0.238 e. The van der Waals surface area contributed by atoms with Gasteiger partial charge in [-0.3, -0.25) is 4.79 Å². The van der Waals surface area contributed by atoms with E-state index < -0.39 is 16.1 Å². The minimum absolute atomic E-state index is 0.0766. The van der Waals surface area contributed by atoms with Crippen molar-refractivity contribution in [1.82, 2.24) is 14.6 Å². The lowest BCUT2D eigenvalue weighted by molar-refractivity contribution is -0.125. The van der Waals surface area contributed by atoms with Crippen molar-refractivity contribution in [2.24, 2.45) is 0 Å². The normalized spacial score (nSPS) is 19.0. The molecular formula is C16H25N3O4S. The number of hydrogen-bond acceptors (Lipinski definition) is 5. The highest BCUT2D eigenvalue weighted by atomic mass is 32.2. The molecule has 0 radical (unpaired) electrons. The van der Waals surface area contributed by atoms with Crippen LogP contribution in [-0.2, 0) is 21.4 Å². The Balaban J connectivity index is 2.06. The molecule has 1 aromatic heterocycles. The number of methoxy groups -OCH3 is 1. The number of ether oxygens (including phenoxy) is 1. The second-order valence-corrected chi connectivity index (χ2v) is 7.87. The van der Waals surface area contributed by atoms with E-state index in [-0.39, 0.29) is 18.2 Å². The molecule has 8 heteroatoms. The summed E-state index contributed by atoms with van der Waals surface area (Å²) >= 11 is 0. The summed E-state index contributed by atoms with van der Waals surface area (Å²) in [5, 5.41) is 2.82. The monoisotopic (exact) mass is 355 g/mol. The largest absolute Gasteiger partial charge is 0.481 e. The minimum atomic E-state index is -3.39. The van der Waals surface area contributed by atoms with E-state index in [2.05, 4.69) is 10.3 Å². The van der Waals surface area contributed by atoms with E-state index in [0.717, 1.165) is 18.4 Å². The number of nitrogens with one attached hydrogen (secondary N) is 1. The molecule has 0 aliphatic carbocycles. The second-order valence-electron chi connectivity index (χ2n) is 5.83. The first kappa shape index (κ1) is 18.7. The first-order valence-corrected chi connectivity index (χ1v) is 9.85. The lowest BCUT2D eigenvalue weighted by Gasteiger charge is -2.33. The number of carbonyl (C=O) groups excluding carboxylic acids is 1. The third kappa shape index (κ3) is 4.45. The van der Waals surface area contributed by atoms with Gasteiger partial charge in [0.2, 0.25) is 21.8 Å². The van der Waals surface area contributed by atoms with Crippen LogP contribution in [0.5, 0.6) is 5.88 Å². The van der Waals surface area contributed by atoms with Crippen LogP contribution in [0.2, 0.25) is 0 Å². The Bertz CT molecular complexity index is 663. The van der Waals surface area contributed by atoms with Gasteiger partial charge in [-0.2, -0.15) is 4.31 Å². The number of sulfonamides is 1. The number of piperidine rings is 1. The van der Waals surface area contributed by atoms with Crippen molar-refractivity contribution in [3.05, 3.63) is 23.9 Å². The zero-order valence-electron chi connectivity index (χ0n) is 14.2. The first-order chi connectivity index (χ1) is 11.5. The predicted molar refractivity (Wildman–Crippen MR) is 91.1 cm³/mol. The van der Waals surface area contributed by atoms with Crippen molar-refractivity contribution in [2.45, 2.75) is 45.2 Å². The zero-order chi connectivity index (χ0) is 17.6. The Morgan fingerprint density at radius 3 is 2.96 bits per heavy atom. The van der Waals surface area contributed by atoms with Gasteiger partial charge in [0.1, 0.15) is 6.04 Å². The van der Waals surface area contributed by atoms with Gasteiger partial charge in [-0.15, -0.1) is 0 Å². The number of hydrogen-bond donors (Lipinski definition) is 1. The van der Waals surface area contributed by atoms with Crippen LogP contribution in [0.15, 0.2) is 18.3 Å². The van der Waals surface area contributed by atoms with Crippen LogP contribution < -0.4 is 10.1 Å². The number of nitrogens with zero attached hydrogens (tertiary/aromatic N) is 2. The maximum atomic E-state index is 12.6. The summed E-state index contributed by atoms with van der Waals surface area (Å²) in [4.78, 5) is 16.6. The van der Waals surface area contributed by atoms with Crippen LogP contribution in [0, 0.1) is 0 Å². The summed E-state index contributed by atoms with van der Waals surface area (Å²) in [6.45, 7) is 2.50. The van der Waals surface area contributed by atoms with Crippen molar-refractivity contribution in [3.8, 4) is 5.88 Å². The fourth-order valence-electron chi connectivity index (χ4n) is 2.92. The number of aromatic nitrogens is 1. The summed E-state index contributed by atoms with van der Waals surface area (Å²) in [5.74, 6) is 0.268. The summed E-state index contributed by atoms with van der Waals surface area (Å²) < 4.78 is 31.3. The topological polar surface area (TPSA) is 88.6 Å². The summed E-state index contributed by atoms with van der Waals surface area (Å²) in [6.07, 6.45) is 4.36. The van der Waals surface area contributed by atoms with Gasteiger partial charge in [-0.1, -0.05) is 19.4 Å². The highest BCUT2D eigenvalue weighted by Gasteiger charge is 2.36. The first-order valence-electron chi connectivity index (χ1n) is 8.24. The van der Waals surface area contributed by atoms with E-state index in [1.807, 2.05) is 13.0 Å². The van der Waals surface area contributed by atoms with E-state index in [1.54, 1.807) is 12.3 Å². The fourth-order valence-corrected chi connectivity index (χ4v) is 4.66. The van der Waals surface area contributed by atoms with Gasteiger partial charge in [-0.05, 0) is 25.3 Å². The highest BCUT2D eigenvalue weighted by molar-refractivity contribution is 7.89. The predicted octanol–water partition coefficient (Wildman–Crippen LogP) is 1.30. The lowest BCUT2D eigenvalue weighted by atomic mass is 10.0. The van der Waals surface area contributed by atoms with Crippen LogP contribution in [0.4, 0.5) is 0 Å². The third-order valence-corrected chi connectivity index (χ3v) is 6.15. The van der Waals surface area contributed by atoms with Crippen LogP contribution in [0.1, 0.15) is 38.2 Å². The van der Waals surface area contributed by atoms with Gasteiger partial charge in [0.25, 0.3) is 0 Å². The van der Waals surface area contributed by atoms with Gasteiger partial charge < -0.3 is 10.1 Å². The van der Waals surface area contributed by atoms with E-state index in [9.17, 15) is 13.2 Å². The number of pyridine rings is 1. The summed E-state index contributed by atoms with van der Waals surface area (Å²) in [7, 11) is -1.87. The van der Waals surface area contributed by atoms with Crippen molar-refractivity contribution in [1.29, 1.82) is 0 Å². The SMILES string of the molecule is CCCS(=O)(=O)N1CCCCC1C(=O)NCc1cccnc1OC. The van der Waals surface area contributed by atoms with E-state index in [0.29, 0.717) is 25.3 Å². The maximum absolute atomic E-state index is 12.6. The summed E-state index contributed by atoms with van der Waals surface area (Å²) in [5.41, 5.74) is 0.757. The molecule has 1 aliphatic rings. The van der Waals surface area contributed by atoms with Crippen LogP contribution in [0.25, 0.3) is 0 Å². The average molecular weight is 355 g/mol. The quantitative estimate of drug-likeness (QED) is 0.796. The Kier molecular flexibility index (Phi) is 6.56. The molecule has 1 aromatic rings. The highest BCUT2D eigenvalue weighted by Crippen LogP contribution is 2.22. The fraction of sp³-hybridized carbons (Fsp3) is 0.625. The van der Waals surface area contributed by atoms with Crippen LogP contribution in [-0.4, -0.2) is 49.1 Å². The van der Waals surface area contributed by atoms with Crippen LogP contribution in [0.3, 0.4) is 0 Å². The third-order valence-electron chi connectivity index (χ3n) is 4.07. The Labute approximate surface area is 143 Å². The Morgan fingerprint density at radius 1 is 1.46 bits per heavy atom. The minimum Gasteiger partial charge on any atom is -0.481 e. The molecule has 134 valence electrons. The number of carbonyl (C=O) groups is 1. The van der Waals surface area contributed by atoms with Gasteiger partial charge in [-0.25, -0.2) is 13.4 Å². The molecule has 0 saturated carbocycles. The van der Waals surface area contributed by atoms with Crippen molar-refractivity contribution in [3.63, 3.8) is 0 Å². The molecule has 1 atom stereocenters. The molecule has 1 N–H and O–H groups in total. The molecule has 1 saturated heterocycles. The molecule has 0 spiro atoms. The molecular weight excluding hydrogens is 330 g/mol.